The van der Waals surface area contributed by atoms with Gasteiger partial charge in [0.1, 0.15) is 11.2 Å². The summed E-state index contributed by atoms with van der Waals surface area (Å²) in [5.41, 5.74) is 14.5. The van der Waals surface area contributed by atoms with Gasteiger partial charge >= 0.3 is 0 Å². The first-order valence-electron chi connectivity index (χ1n) is 20.1. The minimum absolute atomic E-state index is 0.477. The minimum atomic E-state index is -0.477. The van der Waals surface area contributed by atoms with E-state index in [1.807, 2.05) is 23.5 Å². The summed E-state index contributed by atoms with van der Waals surface area (Å²) in [7, 11) is 0. The number of hydrogen-bond donors (Lipinski definition) is 0. The fourth-order valence-corrected chi connectivity index (χ4v) is 10.7. The largest absolute Gasteiger partial charge is 0.456 e. The second-order valence-electron chi connectivity index (χ2n) is 15.3. The van der Waals surface area contributed by atoms with Crippen LogP contribution in [-0.2, 0) is 5.41 Å². The number of fused-ring (bicyclic) bond motifs is 9. The molecule has 0 fully saturated rings. The Morgan fingerprint density at radius 3 is 2.08 bits per heavy atom. The second kappa shape index (κ2) is 14.0. The van der Waals surface area contributed by atoms with Crippen LogP contribution in [0.5, 0.6) is 0 Å². The van der Waals surface area contributed by atoms with Gasteiger partial charge in [-0.15, -0.1) is 11.3 Å². The van der Waals surface area contributed by atoms with Gasteiger partial charge in [-0.3, -0.25) is 0 Å². The molecule has 2 heterocycles. The fraction of sp³-hybridized carbons (Fsp3) is 0.0357. The van der Waals surface area contributed by atoms with Crippen LogP contribution >= 0.6 is 11.3 Å². The number of allylic oxidation sites excluding steroid dienone is 5. The molecule has 0 N–H and O–H groups in total. The van der Waals surface area contributed by atoms with Gasteiger partial charge in [0, 0.05) is 37.6 Å². The molecule has 8 aromatic carbocycles. The van der Waals surface area contributed by atoms with Crippen molar-refractivity contribution in [2.75, 3.05) is 4.90 Å². The van der Waals surface area contributed by atoms with E-state index in [1.165, 1.54) is 59.3 Å². The van der Waals surface area contributed by atoms with Gasteiger partial charge in [0.15, 0.2) is 0 Å². The zero-order valence-corrected chi connectivity index (χ0v) is 33.4. The van der Waals surface area contributed by atoms with Crippen molar-refractivity contribution in [3.05, 3.63) is 235 Å². The number of anilines is 3. The number of thiophene rings is 1. The Labute approximate surface area is 347 Å². The molecule has 1 atom stereocenters. The van der Waals surface area contributed by atoms with E-state index >= 15 is 0 Å². The van der Waals surface area contributed by atoms with Gasteiger partial charge in [-0.1, -0.05) is 158 Å². The van der Waals surface area contributed by atoms with E-state index in [9.17, 15) is 0 Å². The lowest BCUT2D eigenvalue weighted by Gasteiger charge is -2.34. The average Bonchev–Trinajstić information content (AvgIpc) is 3.95. The van der Waals surface area contributed by atoms with Gasteiger partial charge in [-0.05, 0) is 107 Å². The maximum Gasteiger partial charge on any atom is 0.136 e. The molecular weight excluding hydrogens is 735 g/mol. The normalized spacial score (nSPS) is 15.0. The highest BCUT2D eigenvalue weighted by molar-refractivity contribution is 7.26. The van der Waals surface area contributed by atoms with Crippen LogP contribution in [0.2, 0.25) is 0 Å². The third-order valence-corrected chi connectivity index (χ3v) is 13.3. The van der Waals surface area contributed by atoms with Crippen molar-refractivity contribution in [2.24, 2.45) is 0 Å². The van der Waals surface area contributed by atoms with Gasteiger partial charge in [0.25, 0.3) is 0 Å². The van der Waals surface area contributed by atoms with Crippen LogP contribution in [0.15, 0.2) is 223 Å². The first-order chi connectivity index (χ1) is 29.1. The number of benzene rings is 8. The monoisotopic (exact) mass is 773 g/mol. The highest BCUT2D eigenvalue weighted by atomic mass is 32.1. The van der Waals surface area contributed by atoms with Crippen molar-refractivity contribution in [2.45, 2.75) is 12.3 Å². The van der Waals surface area contributed by atoms with Gasteiger partial charge in [0.2, 0.25) is 0 Å². The summed E-state index contributed by atoms with van der Waals surface area (Å²) in [4.78, 5) is 2.38. The fourth-order valence-electron chi connectivity index (χ4n) is 9.50. The molecule has 2 aromatic heterocycles. The number of para-hydroxylation sites is 1. The lowest BCUT2D eigenvalue weighted by molar-refractivity contribution is 0.665. The molecule has 11 rings (SSSR count). The maximum atomic E-state index is 6.84. The van der Waals surface area contributed by atoms with E-state index in [0.717, 1.165) is 44.4 Å². The zero-order chi connectivity index (χ0) is 39.5. The third-order valence-electron chi connectivity index (χ3n) is 12.1. The van der Waals surface area contributed by atoms with Crippen molar-refractivity contribution >= 4 is 70.5 Å². The Hall–Kier alpha value is -7.20. The van der Waals surface area contributed by atoms with Crippen LogP contribution in [-0.4, -0.2) is 0 Å². The predicted molar refractivity (Wildman–Crippen MR) is 252 cm³/mol. The molecule has 0 saturated heterocycles. The number of furan rings is 1. The molecule has 0 radical (unpaired) electrons. The van der Waals surface area contributed by atoms with E-state index in [4.69, 9.17) is 4.42 Å². The molecule has 10 aromatic rings. The van der Waals surface area contributed by atoms with Gasteiger partial charge < -0.3 is 9.32 Å². The maximum absolute atomic E-state index is 6.84. The Balaban J connectivity index is 1.02. The van der Waals surface area contributed by atoms with Gasteiger partial charge in [0.05, 0.1) is 15.8 Å². The van der Waals surface area contributed by atoms with E-state index in [0.29, 0.717) is 0 Å². The zero-order valence-electron chi connectivity index (χ0n) is 32.6. The van der Waals surface area contributed by atoms with Crippen LogP contribution in [0, 0.1) is 0 Å². The summed E-state index contributed by atoms with van der Waals surface area (Å²) in [6.07, 6.45) is 8.13. The van der Waals surface area contributed by atoms with Crippen LogP contribution in [0.3, 0.4) is 0 Å². The van der Waals surface area contributed by atoms with Crippen molar-refractivity contribution < 1.29 is 4.42 Å². The predicted octanol–water partition coefficient (Wildman–Crippen LogP) is 16.1. The second-order valence-corrected chi connectivity index (χ2v) is 16.4. The summed E-state index contributed by atoms with van der Waals surface area (Å²) >= 11 is 1.86. The summed E-state index contributed by atoms with van der Waals surface area (Å²) in [5, 5.41) is 4.83. The van der Waals surface area contributed by atoms with Crippen molar-refractivity contribution in [1.29, 1.82) is 0 Å². The summed E-state index contributed by atoms with van der Waals surface area (Å²) in [6.45, 7) is 6.15. The quantitative estimate of drug-likeness (QED) is 0.143. The van der Waals surface area contributed by atoms with Crippen LogP contribution in [0.25, 0.3) is 64.4 Å². The number of rotatable bonds is 8. The molecule has 0 bridgehead atoms. The molecular formula is C56H39NOS. The summed E-state index contributed by atoms with van der Waals surface area (Å²) in [6, 6.07) is 66.0. The molecule has 1 unspecified atom stereocenters. The molecule has 2 nitrogen and oxygen atoms in total. The van der Waals surface area contributed by atoms with Crippen molar-refractivity contribution in [1.82, 2.24) is 0 Å². The molecule has 0 spiro atoms. The average molecular weight is 774 g/mol. The van der Waals surface area contributed by atoms with Crippen molar-refractivity contribution in [3.63, 3.8) is 0 Å². The first kappa shape index (κ1) is 35.0. The minimum Gasteiger partial charge on any atom is -0.456 e. The summed E-state index contributed by atoms with van der Waals surface area (Å²) in [5.74, 6) is 0. The van der Waals surface area contributed by atoms with Crippen LogP contribution < -0.4 is 4.90 Å². The molecule has 0 amide bonds. The molecule has 280 valence electrons. The van der Waals surface area contributed by atoms with E-state index in [1.54, 1.807) is 0 Å². The smallest absolute Gasteiger partial charge is 0.136 e. The van der Waals surface area contributed by atoms with Gasteiger partial charge in [-0.2, -0.15) is 0 Å². The third kappa shape index (κ3) is 5.46. The van der Waals surface area contributed by atoms with E-state index in [2.05, 4.69) is 213 Å². The molecule has 1 aliphatic rings. The SMILES string of the molecule is C=C/C=C\C=C(/C)C1(c2ccccc2)c2ccccc2-c2cc3c(cc21)oc1cc(-c2ccc(N(c4ccccc4)c4cccc5c4sc4ccccc45)cc2)ccc13. The first-order valence-corrected chi connectivity index (χ1v) is 20.9. The Bertz CT molecular complexity index is 3290. The molecule has 0 saturated carbocycles. The topological polar surface area (TPSA) is 16.4 Å². The molecule has 59 heavy (non-hydrogen) atoms. The highest BCUT2D eigenvalue weighted by Crippen LogP contribution is 2.57. The van der Waals surface area contributed by atoms with E-state index < -0.39 is 5.41 Å². The number of hydrogen-bond acceptors (Lipinski definition) is 3. The van der Waals surface area contributed by atoms with E-state index in [-0.39, 0.29) is 0 Å². The molecule has 1 aliphatic carbocycles. The lowest BCUT2D eigenvalue weighted by Crippen LogP contribution is -2.28. The van der Waals surface area contributed by atoms with Crippen LogP contribution in [0.1, 0.15) is 23.6 Å². The molecule has 0 aliphatic heterocycles. The van der Waals surface area contributed by atoms with Crippen LogP contribution in [0.4, 0.5) is 17.1 Å². The summed E-state index contributed by atoms with van der Waals surface area (Å²) < 4.78 is 9.42. The molecule has 3 heteroatoms. The number of nitrogens with zero attached hydrogens (tertiary/aromatic N) is 1. The Kier molecular flexibility index (Phi) is 8.32. The van der Waals surface area contributed by atoms with Crippen molar-refractivity contribution in [3.8, 4) is 22.3 Å². The highest BCUT2D eigenvalue weighted by Gasteiger charge is 2.46. The van der Waals surface area contributed by atoms with Gasteiger partial charge in [-0.25, -0.2) is 0 Å². The standard InChI is InChI=1S/C56H39NOS/c1-3-4-7-17-37(2)56(40-18-8-5-9-19-40)49-25-14-12-22-43(49)47-35-48-44-33-30-39(34-52(44)58-53(48)36-50(47)56)38-28-31-42(32-29-38)57(41-20-10-6-11-21-41)51-26-16-24-46-45-23-13-15-27-54(45)59-55(46)51/h3-36H,1H2,2H3/b7-4-,37-17+. The Morgan fingerprint density at radius 1 is 0.559 bits per heavy atom. The Morgan fingerprint density at radius 2 is 1.25 bits per heavy atom. The lowest BCUT2D eigenvalue weighted by atomic mass is 9.67.